The number of benzene rings is 3. The van der Waals surface area contributed by atoms with E-state index in [-0.39, 0.29) is 17.0 Å². The summed E-state index contributed by atoms with van der Waals surface area (Å²) in [6.07, 6.45) is -0.751. The van der Waals surface area contributed by atoms with E-state index in [1.165, 1.54) is 31.4 Å². The Kier molecular flexibility index (Phi) is 6.09. The molecular weight excluding hydrogens is 401 g/mol. The summed E-state index contributed by atoms with van der Waals surface area (Å²) in [7, 11) is 1.17. The highest BCUT2D eigenvalue weighted by atomic mass is 35.5. The molecule has 0 heterocycles. The highest BCUT2D eigenvalue weighted by Crippen LogP contribution is 2.33. The standard InChI is InChI=1S/C21H15ClFNO5/c1-28-21(25)18-12-17(24(26)27)9-10-19(18)29-20(13-5-7-16(23)8-6-13)14-3-2-4-15(22)11-14/h2-12,20H,1H3. The fourth-order valence-electron chi connectivity index (χ4n) is 2.77. The van der Waals surface area contributed by atoms with Crippen molar-refractivity contribution in [2.24, 2.45) is 0 Å². The molecular formula is C21H15ClFNO5. The van der Waals surface area contributed by atoms with Gasteiger partial charge in [-0.2, -0.15) is 0 Å². The van der Waals surface area contributed by atoms with Gasteiger partial charge in [-0.05, 0) is 41.5 Å². The predicted octanol–water partition coefficient (Wildman–Crippen LogP) is 5.34. The number of nitro benzene ring substituents is 1. The van der Waals surface area contributed by atoms with Crippen LogP contribution in [0.25, 0.3) is 0 Å². The van der Waals surface area contributed by atoms with E-state index in [0.717, 1.165) is 6.07 Å². The number of hydrogen-bond acceptors (Lipinski definition) is 5. The van der Waals surface area contributed by atoms with Crippen molar-refractivity contribution >= 4 is 23.3 Å². The molecule has 0 aliphatic heterocycles. The number of halogens is 2. The summed E-state index contributed by atoms with van der Waals surface area (Å²) in [5, 5.41) is 11.5. The van der Waals surface area contributed by atoms with Crippen LogP contribution in [0.5, 0.6) is 5.75 Å². The number of hydrogen-bond donors (Lipinski definition) is 0. The van der Waals surface area contributed by atoms with E-state index in [1.807, 2.05) is 0 Å². The average molecular weight is 416 g/mol. The Morgan fingerprint density at radius 3 is 2.41 bits per heavy atom. The first kappa shape index (κ1) is 20.3. The minimum Gasteiger partial charge on any atom is -0.480 e. The number of carbonyl (C=O) groups is 1. The van der Waals surface area contributed by atoms with Crippen molar-refractivity contribution in [3.63, 3.8) is 0 Å². The van der Waals surface area contributed by atoms with Crippen LogP contribution in [0.3, 0.4) is 0 Å². The van der Waals surface area contributed by atoms with Crippen molar-refractivity contribution in [2.75, 3.05) is 7.11 Å². The normalized spacial score (nSPS) is 11.6. The highest BCUT2D eigenvalue weighted by Gasteiger charge is 2.23. The topological polar surface area (TPSA) is 78.7 Å². The van der Waals surface area contributed by atoms with Crippen LogP contribution in [0, 0.1) is 15.9 Å². The molecule has 8 heteroatoms. The van der Waals surface area contributed by atoms with Crippen LogP contribution in [0.2, 0.25) is 5.02 Å². The second-order valence-corrected chi connectivity index (χ2v) is 6.47. The third-order valence-electron chi connectivity index (χ3n) is 4.15. The van der Waals surface area contributed by atoms with Gasteiger partial charge >= 0.3 is 5.97 Å². The average Bonchev–Trinajstić information content (AvgIpc) is 2.72. The maximum Gasteiger partial charge on any atom is 0.341 e. The third-order valence-corrected chi connectivity index (χ3v) is 4.38. The number of carbonyl (C=O) groups excluding carboxylic acids is 1. The fraction of sp³-hybridized carbons (Fsp3) is 0.0952. The van der Waals surface area contributed by atoms with Crippen molar-refractivity contribution in [3.05, 3.63) is 104 Å². The van der Waals surface area contributed by atoms with Crippen LogP contribution in [0.1, 0.15) is 27.6 Å². The predicted molar refractivity (Wildman–Crippen MR) is 105 cm³/mol. The Bertz CT molecular complexity index is 1060. The van der Waals surface area contributed by atoms with Crippen molar-refractivity contribution < 1.29 is 23.6 Å². The van der Waals surface area contributed by atoms with Crippen LogP contribution in [0.15, 0.2) is 66.7 Å². The van der Waals surface area contributed by atoms with Crippen LogP contribution >= 0.6 is 11.6 Å². The Hall–Kier alpha value is -3.45. The number of nitrogens with zero attached hydrogens (tertiary/aromatic N) is 1. The summed E-state index contributed by atoms with van der Waals surface area (Å²) in [4.78, 5) is 22.6. The van der Waals surface area contributed by atoms with Crippen molar-refractivity contribution in [1.82, 2.24) is 0 Å². The van der Waals surface area contributed by atoms with Gasteiger partial charge in [-0.25, -0.2) is 9.18 Å². The van der Waals surface area contributed by atoms with Gasteiger partial charge < -0.3 is 9.47 Å². The van der Waals surface area contributed by atoms with E-state index in [0.29, 0.717) is 16.1 Å². The summed E-state index contributed by atoms with van der Waals surface area (Å²) in [5.41, 5.74) is 0.871. The van der Waals surface area contributed by atoms with Crippen LogP contribution in [-0.2, 0) is 4.74 Å². The van der Waals surface area contributed by atoms with Crippen LogP contribution < -0.4 is 4.74 Å². The van der Waals surface area contributed by atoms with E-state index >= 15 is 0 Å². The number of nitro groups is 1. The Morgan fingerprint density at radius 1 is 1.07 bits per heavy atom. The molecule has 29 heavy (non-hydrogen) atoms. The first-order chi connectivity index (χ1) is 13.9. The summed E-state index contributed by atoms with van der Waals surface area (Å²) >= 11 is 6.10. The van der Waals surface area contributed by atoms with Crippen molar-refractivity contribution in [2.45, 2.75) is 6.10 Å². The van der Waals surface area contributed by atoms with Gasteiger partial charge in [-0.3, -0.25) is 10.1 Å². The first-order valence-electron chi connectivity index (χ1n) is 8.43. The van der Waals surface area contributed by atoms with Gasteiger partial charge in [-0.15, -0.1) is 0 Å². The summed E-state index contributed by atoms with van der Waals surface area (Å²) < 4.78 is 24.2. The summed E-state index contributed by atoms with van der Waals surface area (Å²) in [6.45, 7) is 0. The zero-order valence-corrected chi connectivity index (χ0v) is 15.9. The fourth-order valence-corrected chi connectivity index (χ4v) is 2.97. The van der Waals surface area contributed by atoms with E-state index in [4.69, 9.17) is 21.1 Å². The summed E-state index contributed by atoms with van der Waals surface area (Å²) in [6, 6.07) is 16.2. The molecule has 6 nitrogen and oxygen atoms in total. The lowest BCUT2D eigenvalue weighted by Crippen LogP contribution is -2.13. The minimum absolute atomic E-state index is 0.0803. The van der Waals surface area contributed by atoms with Crippen LogP contribution in [0.4, 0.5) is 10.1 Å². The Balaban J connectivity index is 2.09. The zero-order valence-electron chi connectivity index (χ0n) is 15.2. The molecule has 0 fully saturated rings. The smallest absolute Gasteiger partial charge is 0.341 e. The van der Waals surface area contributed by atoms with E-state index in [2.05, 4.69) is 0 Å². The number of methoxy groups -OCH3 is 1. The van der Waals surface area contributed by atoms with E-state index in [1.54, 1.807) is 36.4 Å². The zero-order chi connectivity index (χ0) is 21.0. The van der Waals surface area contributed by atoms with Gasteiger partial charge in [-0.1, -0.05) is 35.9 Å². The molecule has 0 amide bonds. The molecule has 0 saturated carbocycles. The van der Waals surface area contributed by atoms with E-state index < -0.39 is 22.8 Å². The molecule has 0 radical (unpaired) electrons. The number of rotatable bonds is 6. The third kappa shape index (κ3) is 4.70. The molecule has 0 aromatic heterocycles. The lowest BCUT2D eigenvalue weighted by atomic mass is 10.0. The number of ether oxygens (including phenoxy) is 2. The van der Waals surface area contributed by atoms with Gasteiger partial charge in [0, 0.05) is 17.2 Å². The minimum atomic E-state index is -0.785. The monoisotopic (exact) mass is 415 g/mol. The van der Waals surface area contributed by atoms with Gasteiger partial charge in [0.2, 0.25) is 0 Å². The molecule has 0 spiro atoms. The first-order valence-corrected chi connectivity index (χ1v) is 8.81. The number of non-ortho nitro benzene ring substituents is 1. The molecule has 0 N–H and O–H groups in total. The molecule has 1 unspecified atom stereocenters. The molecule has 0 aliphatic rings. The van der Waals surface area contributed by atoms with Gasteiger partial charge in [0.1, 0.15) is 23.2 Å². The lowest BCUT2D eigenvalue weighted by molar-refractivity contribution is -0.384. The highest BCUT2D eigenvalue weighted by molar-refractivity contribution is 6.30. The summed E-state index contributed by atoms with van der Waals surface area (Å²) in [5.74, 6) is -1.12. The van der Waals surface area contributed by atoms with Crippen molar-refractivity contribution in [3.8, 4) is 5.75 Å². The van der Waals surface area contributed by atoms with Gasteiger partial charge in [0.25, 0.3) is 5.69 Å². The maximum atomic E-state index is 13.4. The lowest BCUT2D eigenvalue weighted by Gasteiger charge is -2.21. The maximum absolute atomic E-state index is 13.4. The quantitative estimate of drug-likeness (QED) is 0.308. The van der Waals surface area contributed by atoms with Crippen LogP contribution in [-0.4, -0.2) is 18.0 Å². The molecule has 0 aliphatic carbocycles. The Labute approximate surface area is 170 Å². The second kappa shape index (κ2) is 8.70. The van der Waals surface area contributed by atoms with Gasteiger partial charge in [0.15, 0.2) is 0 Å². The SMILES string of the molecule is COC(=O)c1cc([N+](=O)[O-])ccc1OC(c1ccc(F)cc1)c1cccc(Cl)c1. The number of esters is 1. The Morgan fingerprint density at radius 2 is 1.79 bits per heavy atom. The largest absolute Gasteiger partial charge is 0.480 e. The molecule has 0 saturated heterocycles. The van der Waals surface area contributed by atoms with Crippen molar-refractivity contribution in [1.29, 1.82) is 0 Å². The molecule has 0 bridgehead atoms. The van der Waals surface area contributed by atoms with Gasteiger partial charge in [0.05, 0.1) is 12.0 Å². The molecule has 3 aromatic carbocycles. The molecule has 148 valence electrons. The molecule has 1 atom stereocenters. The molecule has 3 aromatic rings. The molecule has 3 rings (SSSR count). The van der Waals surface area contributed by atoms with E-state index in [9.17, 15) is 19.3 Å². The second-order valence-electron chi connectivity index (χ2n) is 6.03.